The molecular weight excluding hydrogens is 328 g/mol. The lowest BCUT2D eigenvalue weighted by Gasteiger charge is -2.19. The average Bonchev–Trinajstić information content (AvgIpc) is 2.49. The maximum atomic E-state index is 5.32. The fourth-order valence-corrected chi connectivity index (χ4v) is 2.74. The molecule has 112 valence electrons. The minimum Gasteiger partial charge on any atom is -0.497 e. The van der Waals surface area contributed by atoms with Crippen molar-refractivity contribution in [1.29, 1.82) is 0 Å². The number of likely N-dealkylation sites (N-methyl/N-ethyl adjacent to an activating group) is 1. The standard InChI is InChI=1S/C17H21BrN2O/c1-4-19-17(16-9-12(2)7-8-20-16)11-13-10-14(21-3)5-6-15(13)18/h5-10,17,19H,4,11H2,1-3H3. The first-order chi connectivity index (χ1) is 10.1. The number of hydrogen-bond donors (Lipinski definition) is 1. The summed E-state index contributed by atoms with van der Waals surface area (Å²) in [4.78, 5) is 4.52. The molecule has 0 spiro atoms. The minimum atomic E-state index is 0.193. The molecule has 2 aromatic rings. The van der Waals surface area contributed by atoms with Crippen LogP contribution in [0.15, 0.2) is 41.0 Å². The van der Waals surface area contributed by atoms with Gasteiger partial charge in [-0.05, 0) is 61.3 Å². The average molecular weight is 349 g/mol. The smallest absolute Gasteiger partial charge is 0.119 e. The maximum absolute atomic E-state index is 5.32. The highest BCUT2D eigenvalue weighted by Gasteiger charge is 2.15. The monoisotopic (exact) mass is 348 g/mol. The summed E-state index contributed by atoms with van der Waals surface area (Å²) in [6.07, 6.45) is 2.73. The number of pyridine rings is 1. The number of nitrogens with zero attached hydrogens (tertiary/aromatic N) is 1. The Balaban J connectivity index is 2.28. The van der Waals surface area contributed by atoms with Crippen LogP contribution in [0.1, 0.15) is 29.8 Å². The van der Waals surface area contributed by atoms with Crippen LogP contribution in [-0.4, -0.2) is 18.6 Å². The summed E-state index contributed by atoms with van der Waals surface area (Å²) in [5.41, 5.74) is 3.52. The van der Waals surface area contributed by atoms with Crippen LogP contribution in [0.25, 0.3) is 0 Å². The van der Waals surface area contributed by atoms with Gasteiger partial charge in [0.25, 0.3) is 0 Å². The highest BCUT2D eigenvalue weighted by Crippen LogP contribution is 2.27. The topological polar surface area (TPSA) is 34.1 Å². The van der Waals surface area contributed by atoms with Crippen LogP contribution in [0.2, 0.25) is 0 Å². The zero-order chi connectivity index (χ0) is 15.2. The highest BCUT2D eigenvalue weighted by molar-refractivity contribution is 9.10. The first-order valence-electron chi connectivity index (χ1n) is 7.12. The Morgan fingerprint density at radius 3 is 2.76 bits per heavy atom. The molecule has 4 heteroatoms. The molecule has 1 atom stereocenters. The van der Waals surface area contributed by atoms with Crippen molar-refractivity contribution in [3.63, 3.8) is 0 Å². The number of nitrogens with one attached hydrogen (secondary N) is 1. The minimum absolute atomic E-state index is 0.193. The fourth-order valence-electron chi connectivity index (χ4n) is 2.33. The summed E-state index contributed by atoms with van der Waals surface area (Å²) < 4.78 is 6.42. The molecule has 1 aromatic heterocycles. The Morgan fingerprint density at radius 1 is 1.29 bits per heavy atom. The van der Waals surface area contributed by atoms with Gasteiger partial charge in [0.1, 0.15) is 5.75 Å². The van der Waals surface area contributed by atoms with Crippen molar-refractivity contribution in [2.24, 2.45) is 0 Å². The molecule has 0 aliphatic heterocycles. The molecule has 0 aliphatic carbocycles. The number of rotatable bonds is 6. The molecule has 3 nitrogen and oxygen atoms in total. The third-order valence-electron chi connectivity index (χ3n) is 3.42. The Bertz CT molecular complexity index is 601. The molecule has 0 bridgehead atoms. The predicted molar refractivity (Wildman–Crippen MR) is 89.8 cm³/mol. The molecule has 0 amide bonds. The van der Waals surface area contributed by atoms with Gasteiger partial charge in [-0.25, -0.2) is 0 Å². The lowest BCUT2D eigenvalue weighted by Crippen LogP contribution is -2.24. The van der Waals surface area contributed by atoms with E-state index in [0.29, 0.717) is 0 Å². The van der Waals surface area contributed by atoms with E-state index in [9.17, 15) is 0 Å². The second-order valence-electron chi connectivity index (χ2n) is 5.03. The Morgan fingerprint density at radius 2 is 2.10 bits per heavy atom. The van der Waals surface area contributed by atoms with Gasteiger partial charge in [-0.3, -0.25) is 4.98 Å². The maximum Gasteiger partial charge on any atom is 0.119 e. The molecule has 0 aliphatic rings. The van der Waals surface area contributed by atoms with E-state index >= 15 is 0 Å². The van der Waals surface area contributed by atoms with Crippen LogP contribution < -0.4 is 10.1 Å². The van der Waals surface area contributed by atoms with E-state index in [1.807, 2.05) is 24.4 Å². The van der Waals surface area contributed by atoms with Crippen molar-refractivity contribution in [1.82, 2.24) is 10.3 Å². The van der Waals surface area contributed by atoms with Gasteiger partial charge in [0.15, 0.2) is 0 Å². The largest absolute Gasteiger partial charge is 0.497 e. The van der Waals surface area contributed by atoms with Crippen LogP contribution in [-0.2, 0) is 6.42 Å². The van der Waals surface area contributed by atoms with Crippen LogP contribution in [0.3, 0.4) is 0 Å². The summed E-state index contributed by atoms with van der Waals surface area (Å²) in [7, 11) is 1.69. The third kappa shape index (κ3) is 4.29. The van der Waals surface area contributed by atoms with E-state index in [0.717, 1.165) is 28.9 Å². The van der Waals surface area contributed by atoms with Gasteiger partial charge in [0, 0.05) is 10.7 Å². The molecule has 0 saturated heterocycles. The normalized spacial score (nSPS) is 12.2. The van der Waals surface area contributed by atoms with Gasteiger partial charge in [0.2, 0.25) is 0 Å². The summed E-state index contributed by atoms with van der Waals surface area (Å²) in [5, 5.41) is 3.52. The number of hydrogen-bond acceptors (Lipinski definition) is 3. The molecule has 0 radical (unpaired) electrons. The number of halogens is 1. The van der Waals surface area contributed by atoms with Crippen molar-refractivity contribution in [2.45, 2.75) is 26.3 Å². The Labute approximate surface area is 134 Å². The third-order valence-corrected chi connectivity index (χ3v) is 4.19. The molecular formula is C17H21BrN2O. The van der Waals surface area contributed by atoms with Crippen LogP contribution in [0, 0.1) is 6.92 Å². The zero-order valence-corrected chi connectivity index (χ0v) is 14.3. The van der Waals surface area contributed by atoms with Crippen molar-refractivity contribution < 1.29 is 4.74 Å². The number of methoxy groups -OCH3 is 1. The number of aromatic nitrogens is 1. The second-order valence-corrected chi connectivity index (χ2v) is 5.88. The summed E-state index contributed by atoms with van der Waals surface area (Å²) in [5.74, 6) is 0.876. The van der Waals surface area contributed by atoms with Crippen LogP contribution in [0.4, 0.5) is 0 Å². The number of ether oxygens (including phenoxy) is 1. The van der Waals surface area contributed by atoms with Crippen molar-refractivity contribution in [3.05, 3.63) is 57.8 Å². The summed E-state index contributed by atoms with van der Waals surface area (Å²) >= 11 is 3.62. The molecule has 0 fully saturated rings. The van der Waals surface area contributed by atoms with Gasteiger partial charge in [-0.15, -0.1) is 0 Å². The first-order valence-corrected chi connectivity index (χ1v) is 7.91. The van der Waals surface area contributed by atoms with E-state index < -0.39 is 0 Å². The molecule has 1 aromatic carbocycles. The summed E-state index contributed by atoms with van der Waals surface area (Å²) in [6, 6.07) is 10.4. The fraction of sp³-hybridized carbons (Fsp3) is 0.353. The SMILES string of the molecule is CCNC(Cc1cc(OC)ccc1Br)c1cc(C)ccn1. The van der Waals surface area contributed by atoms with E-state index in [1.54, 1.807) is 7.11 Å². The van der Waals surface area contributed by atoms with Crippen molar-refractivity contribution >= 4 is 15.9 Å². The Hall–Kier alpha value is -1.39. The van der Waals surface area contributed by atoms with E-state index in [2.05, 4.69) is 52.2 Å². The number of aryl methyl sites for hydroxylation is 1. The van der Waals surface area contributed by atoms with Crippen LogP contribution >= 0.6 is 15.9 Å². The Kier molecular flexibility index (Phi) is 5.76. The van der Waals surface area contributed by atoms with Gasteiger partial charge in [0.05, 0.1) is 18.8 Å². The van der Waals surface area contributed by atoms with E-state index in [4.69, 9.17) is 4.74 Å². The summed E-state index contributed by atoms with van der Waals surface area (Å²) in [6.45, 7) is 5.11. The molecule has 1 heterocycles. The predicted octanol–water partition coefficient (Wildman–Crippen LogP) is 4.05. The molecule has 1 unspecified atom stereocenters. The second kappa shape index (κ2) is 7.57. The van der Waals surface area contributed by atoms with Gasteiger partial charge in [-0.2, -0.15) is 0 Å². The molecule has 1 N–H and O–H groups in total. The zero-order valence-electron chi connectivity index (χ0n) is 12.7. The number of benzene rings is 1. The van der Waals surface area contributed by atoms with E-state index in [1.165, 1.54) is 11.1 Å². The lowest BCUT2D eigenvalue weighted by atomic mass is 10.0. The van der Waals surface area contributed by atoms with Crippen molar-refractivity contribution in [3.8, 4) is 5.75 Å². The molecule has 0 saturated carbocycles. The van der Waals surface area contributed by atoms with Crippen LogP contribution in [0.5, 0.6) is 5.75 Å². The van der Waals surface area contributed by atoms with Gasteiger partial charge >= 0.3 is 0 Å². The quantitative estimate of drug-likeness (QED) is 0.854. The first kappa shape index (κ1) is 16.0. The highest BCUT2D eigenvalue weighted by atomic mass is 79.9. The lowest BCUT2D eigenvalue weighted by molar-refractivity contribution is 0.413. The van der Waals surface area contributed by atoms with E-state index in [-0.39, 0.29) is 6.04 Å². The molecule has 2 rings (SSSR count). The van der Waals surface area contributed by atoms with Gasteiger partial charge < -0.3 is 10.1 Å². The molecule has 21 heavy (non-hydrogen) atoms. The van der Waals surface area contributed by atoms with Crippen molar-refractivity contribution in [2.75, 3.05) is 13.7 Å². The van der Waals surface area contributed by atoms with Gasteiger partial charge in [-0.1, -0.05) is 22.9 Å².